The van der Waals surface area contributed by atoms with Crippen LogP contribution in [-0.4, -0.2) is 29.7 Å². The Morgan fingerprint density at radius 3 is 2.29 bits per heavy atom. The molecule has 176 valence electrons. The Balaban J connectivity index is 1.94. The molecule has 6 nitrogen and oxygen atoms in total. The Kier molecular flexibility index (Phi) is 5.74. The molecule has 2 aromatic carbocycles. The fraction of sp³-hybridized carbons (Fsp3) is 0.259. The molecular formula is C27H28N2O4S. The predicted molar refractivity (Wildman–Crippen MR) is 136 cm³/mol. The van der Waals surface area contributed by atoms with Crippen molar-refractivity contribution >= 4 is 20.7 Å². The van der Waals surface area contributed by atoms with Crippen molar-refractivity contribution in [3.8, 4) is 22.3 Å². The summed E-state index contributed by atoms with van der Waals surface area (Å²) in [6.07, 6.45) is 4.59. The summed E-state index contributed by atoms with van der Waals surface area (Å²) in [7, 11) is -3.37. The summed E-state index contributed by atoms with van der Waals surface area (Å²) in [4.78, 5) is 19.5. The third kappa shape index (κ3) is 4.29. The number of aromatic nitrogens is 2. The van der Waals surface area contributed by atoms with Crippen LogP contribution >= 0.6 is 0 Å². The van der Waals surface area contributed by atoms with E-state index in [4.69, 9.17) is 0 Å². The van der Waals surface area contributed by atoms with Crippen LogP contribution in [0.15, 0.2) is 71.8 Å². The van der Waals surface area contributed by atoms with Crippen LogP contribution in [0.3, 0.4) is 0 Å². The number of aliphatic hydroxyl groups is 1. The number of fused-ring (bicyclic) bond motifs is 1. The minimum atomic E-state index is -3.37. The fourth-order valence-corrected chi connectivity index (χ4v) is 4.49. The van der Waals surface area contributed by atoms with Crippen LogP contribution in [0.25, 0.3) is 33.2 Å². The van der Waals surface area contributed by atoms with Crippen molar-refractivity contribution in [1.82, 2.24) is 9.97 Å². The lowest BCUT2D eigenvalue weighted by molar-refractivity contribution is 0.0771. The van der Waals surface area contributed by atoms with Crippen LogP contribution in [0.2, 0.25) is 0 Å². The summed E-state index contributed by atoms with van der Waals surface area (Å²) in [6, 6.07) is 17.0. The molecule has 0 aliphatic rings. The van der Waals surface area contributed by atoms with Crippen molar-refractivity contribution < 1.29 is 13.5 Å². The summed E-state index contributed by atoms with van der Waals surface area (Å²) < 4.78 is 24.0. The molecule has 0 fully saturated rings. The molecule has 0 saturated heterocycles. The molecule has 0 spiro atoms. The second-order valence-electron chi connectivity index (χ2n) is 9.65. The summed E-state index contributed by atoms with van der Waals surface area (Å²) >= 11 is 0. The summed E-state index contributed by atoms with van der Waals surface area (Å²) in [5, 5.41) is 11.2. The van der Waals surface area contributed by atoms with Crippen molar-refractivity contribution in [3.63, 3.8) is 0 Å². The highest BCUT2D eigenvalue weighted by atomic mass is 32.2. The molecule has 2 aromatic heterocycles. The zero-order chi connectivity index (χ0) is 24.9. The molecule has 2 N–H and O–H groups in total. The average Bonchev–Trinajstić information content (AvgIpc) is 2.77. The number of hydrogen-bond acceptors (Lipinski definition) is 5. The molecule has 0 unspecified atom stereocenters. The first-order chi connectivity index (χ1) is 15.8. The van der Waals surface area contributed by atoms with Crippen LogP contribution in [0.1, 0.15) is 38.8 Å². The molecule has 0 bridgehead atoms. The fourth-order valence-electron chi connectivity index (χ4n) is 3.95. The molecule has 0 aliphatic carbocycles. The number of hydrogen-bond donors (Lipinski definition) is 2. The van der Waals surface area contributed by atoms with Gasteiger partial charge in [-0.2, -0.15) is 0 Å². The van der Waals surface area contributed by atoms with Crippen LogP contribution in [-0.2, 0) is 20.2 Å². The van der Waals surface area contributed by atoms with Gasteiger partial charge in [0, 0.05) is 35.2 Å². The number of benzene rings is 2. The van der Waals surface area contributed by atoms with Crippen LogP contribution in [0, 0.1) is 0 Å². The van der Waals surface area contributed by atoms with Crippen molar-refractivity contribution in [2.75, 3.05) is 6.26 Å². The molecule has 2 heterocycles. The Morgan fingerprint density at radius 1 is 0.912 bits per heavy atom. The molecule has 0 radical (unpaired) electrons. The number of sulfone groups is 1. The van der Waals surface area contributed by atoms with E-state index in [0.29, 0.717) is 5.56 Å². The van der Waals surface area contributed by atoms with Crippen LogP contribution < -0.4 is 5.56 Å². The SMILES string of the molecule is CC(C)(O)c1cc(-c2cccc(-c3cc(C(C)(C)S(C)(=O)=O)cc4cccnc34)c2)c[nH]c1=O. The highest BCUT2D eigenvalue weighted by Crippen LogP contribution is 2.37. The van der Waals surface area contributed by atoms with Gasteiger partial charge in [0.2, 0.25) is 0 Å². The van der Waals surface area contributed by atoms with Gasteiger partial charge in [0.25, 0.3) is 5.56 Å². The quantitative estimate of drug-likeness (QED) is 0.432. The number of aromatic amines is 1. The Labute approximate surface area is 199 Å². The Bertz CT molecular complexity index is 1560. The van der Waals surface area contributed by atoms with E-state index in [1.54, 1.807) is 46.2 Å². The van der Waals surface area contributed by atoms with E-state index in [1.165, 1.54) is 6.26 Å². The minimum Gasteiger partial charge on any atom is -0.386 e. The second kappa shape index (κ2) is 8.18. The summed E-state index contributed by atoms with van der Waals surface area (Å²) in [6.45, 7) is 6.56. The maximum absolute atomic E-state index is 12.6. The normalized spacial score (nSPS) is 12.8. The van der Waals surface area contributed by atoms with Gasteiger partial charge in [-0.3, -0.25) is 9.78 Å². The number of nitrogens with one attached hydrogen (secondary N) is 1. The largest absolute Gasteiger partial charge is 0.386 e. The molecular weight excluding hydrogens is 448 g/mol. The van der Waals surface area contributed by atoms with Crippen molar-refractivity contribution in [2.24, 2.45) is 0 Å². The van der Waals surface area contributed by atoms with E-state index in [9.17, 15) is 18.3 Å². The van der Waals surface area contributed by atoms with Crippen LogP contribution in [0.5, 0.6) is 0 Å². The van der Waals surface area contributed by atoms with Gasteiger partial charge in [-0.1, -0.05) is 24.3 Å². The first kappa shape index (κ1) is 23.9. The molecule has 0 amide bonds. The van der Waals surface area contributed by atoms with Crippen molar-refractivity contribution in [3.05, 3.63) is 88.5 Å². The highest BCUT2D eigenvalue weighted by molar-refractivity contribution is 7.91. The molecule has 7 heteroatoms. The molecule has 4 rings (SSSR count). The number of rotatable bonds is 5. The van der Waals surface area contributed by atoms with Gasteiger partial charge >= 0.3 is 0 Å². The van der Waals surface area contributed by atoms with E-state index in [1.807, 2.05) is 48.5 Å². The highest BCUT2D eigenvalue weighted by Gasteiger charge is 2.33. The second-order valence-corrected chi connectivity index (χ2v) is 12.2. The summed E-state index contributed by atoms with van der Waals surface area (Å²) in [5.41, 5.74) is 3.39. The lowest BCUT2D eigenvalue weighted by Crippen LogP contribution is -2.28. The predicted octanol–water partition coefficient (Wildman–Crippen LogP) is 4.76. The number of H-pyrrole nitrogens is 1. The smallest absolute Gasteiger partial charge is 0.254 e. The third-order valence-corrected chi connectivity index (χ3v) is 8.49. The number of pyridine rings is 2. The third-order valence-electron chi connectivity index (χ3n) is 6.40. The van der Waals surface area contributed by atoms with Gasteiger partial charge in [0.1, 0.15) is 0 Å². The first-order valence-electron chi connectivity index (χ1n) is 10.9. The summed E-state index contributed by atoms with van der Waals surface area (Å²) in [5.74, 6) is 0. The van der Waals surface area contributed by atoms with E-state index < -0.39 is 20.2 Å². The Hall–Kier alpha value is -3.29. The van der Waals surface area contributed by atoms with Crippen LogP contribution in [0.4, 0.5) is 0 Å². The minimum absolute atomic E-state index is 0.277. The Morgan fingerprint density at radius 2 is 1.62 bits per heavy atom. The van der Waals surface area contributed by atoms with E-state index >= 15 is 0 Å². The number of nitrogens with zero attached hydrogens (tertiary/aromatic N) is 1. The lowest BCUT2D eigenvalue weighted by Gasteiger charge is -2.24. The van der Waals surface area contributed by atoms with Gasteiger partial charge in [-0.15, -0.1) is 0 Å². The standard InChI is InChI=1S/C27H28N2O4S/c1-26(2,31)23-14-20(16-29-25(23)30)17-8-6-9-18(12-17)22-15-21(27(3,4)34(5,32)33)13-19-10-7-11-28-24(19)22/h6-16,31H,1-5H3,(H,29,30). The van der Waals surface area contributed by atoms with E-state index in [-0.39, 0.29) is 11.1 Å². The van der Waals surface area contributed by atoms with E-state index in [0.717, 1.165) is 33.2 Å². The van der Waals surface area contributed by atoms with Gasteiger partial charge in [0.05, 0.1) is 15.9 Å². The first-order valence-corrected chi connectivity index (χ1v) is 12.8. The van der Waals surface area contributed by atoms with Crippen molar-refractivity contribution in [1.29, 1.82) is 0 Å². The van der Waals surface area contributed by atoms with Crippen molar-refractivity contribution in [2.45, 2.75) is 38.0 Å². The lowest BCUT2D eigenvalue weighted by atomic mass is 9.91. The topological polar surface area (TPSA) is 100 Å². The van der Waals surface area contributed by atoms with Gasteiger partial charge in [0.15, 0.2) is 9.84 Å². The van der Waals surface area contributed by atoms with Gasteiger partial charge < -0.3 is 10.1 Å². The average molecular weight is 477 g/mol. The maximum Gasteiger partial charge on any atom is 0.254 e. The van der Waals surface area contributed by atoms with Gasteiger partial charge in [-0.05, 0) is 80.3 Å². The van der Waals surface area contributed by atoms with E-state index in [2.05, 4.69) is 9.97 Å². The maximum atomic E-state index is 12.6. The molecule has 4 aromatic rings. The molecule has 34 heavy (non-hydrogen) atoms. The monoisotopic (exact) mass is 476 g/mol. The van der Waals surface area contributed by atoms with Gasteiger partial charge in [-0.25, -0.2) is 8.42 Å². The molecule has 0 saturated carbocycles. The molecule has 0 atom stereocenters. The molecule has 0 aliphatic heterocycles. The zero-order valence-electron chi connectivity index (χ0n) is 19.9. The zero-order valence-corrected chi connectivity index (χ0v) is 20.7.